The lowest BCUT2D eigenvalue weighted by atomic mass is 10.1. The van der Waals surface area contributed by atoms with Crippen molar-refractivity contribution < 1.29 is 4.42 Å². The van der Waals surface area contributed by atoms with E-state index in [1.54, 1.807) is 0 Å². The number of hydrogen-bond donors (Lipinski definition) is 1. The van der Waals surface area contributed by atoms with Gasteiger partial charge < -0.3 is 9.73 Å². The fourth-order valence-corrected chi connectivity index (χ4v) is 2.34. The molecule has 0 radical (unpaired) electrons. The number of hydrogen-bond acceptors (Lipinski definition) is 3. The SMILES string of the molecule is CCCNCc1ccc(-c2cccc3cnccc23)o1. The molecule has 3 aromatic rings. The number of aromatic nitrogens is 1. The molecule has 0 aliphatic heterocycles. The molecule has 0 atom stereocenters. The van der Waals surface area contributed by atoms with Crippen molar-refractivity contribution in [2.75, 3.05) is 6.54 Å². The number of benzene rings is 1. The first-order valence-electron chi connectivity index (χ1n) is 7.01. The Kier molecular flexibility index (Phi) is 3.79. The van der Waals surface area contributed by atoms with Crippen LogP contribution in [0.1, 0.15) is 19.1 Å². The molecule has 0 fully saturated rings. The van der Waals surface area contributed by atoms with Crippen LogP contribution in [-0.2, 0) is 6.54 Å². The average molecular weight is 266 g/mol. The number of pyridine rings is 1. The van der Waals surface area contributed by atoms with Gasteiger partial charge in [-0.25, -0.2) is 0 Å². The lowest BCUT2D eigenvalue weighted by Crippen LogP contribution is -2.12. The molecule has 2 aromatic heterocycles. The van der Waals surface area contributed by atoms with Crippen LogP contribution in [0.5, 0.6) is 0 Å². The largest absolute Gasteiger partial charge is 0.460 e. The smallest absolute Gasteiger partial charge is 0.134 e. The summed E-state index contributed by atoms with van der Waals surface area (Å²) in [6.07, 6.45) is 4.83. The van der Waals surface area contributed by atoms with E-state index in [1.807, 2.05) is 36.7 Å². The van der Waals surface area contributed by atoms with E-state index < -0.39 is 0 Å². The predicted molar refractivity (Wildman–Crippen MR) is 81.4 cm³/mol. The fraction of sp³-hybridized carbons (Fsp3) is 0.235. The second kappa shape index (κ2) is 5.88. The van der Waals surface area contributed by atoms with E-state index >= 15 is 0 Å². The summed E-state index contributed by atoms with van der Waals surface area (Å²) in [5.74, 6) is 1.88. The molecule has 0 aliphatic rings. The van der Waals surface area contributed by atoms with Crippen LogP contribution in [-0.4, -0.2) is 11.5 Å². The highest BCUT2D eigenvalue weighted by Gasteiger charge is 2.08. The van der Waals surface area contributed by atoms with Gasteiger partial charge in [-0.05, 0) is 36.6 Å². The van der Waals surface area contributed by atoms with E-state index in [0.29, 0.717) is 0 Å². The quantitative estimate of drug-likeness (QED) is 0.709. The van der Waals surface area contributed by atoms with Gasteiger partial charge in [0.05, 0.1) is 6.54 Å². The van der Waals surface area contributed by atoms with Crippen molar-refractivity contribution in [3.05, 3.63) is 54.6 Å². The Hall–Kier alpha value is -2.13. The number of fused-ring (bicyclic) bond motifs is 1. The Morgan fingerprint density at radius 2 is 2.10 bits per heavy atom. The van der Waals surface area contributed by atoms with Crippen molar-refractivity contribution in [1.29, 1.82) is 0 Å². The molecule has 0 unspecified atom stereocenters. The van der Waals surface area contributed by atoms with E-state index in [9.17, 15) is 0 Å². The normalized spacial score (nSPS) is 11.1. The zero-order valence-electron chi connectivity index (χ0n) is 11.6. The molecule has 102 valence electrons. The maximum absolute atomic E-state index is 5.94. The first-order chi connectivity index (χ1) is 9.88. The van der Waals surface area contributed by atoms with Gasteiger partial charge in [-0.1, -0.05) is 25.1 Å². The van der Waals surface area contributed by atoms with Crippen molar-refractivity contribution in [3.8, 4) is 11.3 Å². The zero-order valence-corrected chi connectivity index (χ0v) is 11.6. The monoisotopic (exact) mass is 266 g/mol. The molecule has 3 heteroatoms. The molecule has 3 rings (SSSR count). The van der Waals surface area contributed by atoms with Crippen LogP contribution >= 0.6 is 0 Å². The summed E-state index contributed by atoms with van der Waals surface area (Å²) >= 11 is 0. The molecular formula is C17H18N2O. The molecule has 0 saturated heterocycles. The summed E-state index contributed by atoms with van der Waals surface area (Å²) in [5.41, 5.74) is 1.12. The highest BCUT2D eigenvalue weighted by Crippen LogP contribution is 2.29. The van der Waals surface area contributed by atoms with Gasteiger partial charge in [0, 0.05) is 23.3 Å². The fourth-order valence-electron chi connectivity index (χ4n) is 2.34. The van der Waals surface area contributed by atoms with E-state index in [2.05, 4.69) is 29.4 Å². The molecule has 0 spiro atoms. The van der Waals surface area contributed by atoms with Crippen molar-refractivity contribution in [1.82, 2.24) is 10.3 Å². The van der Waals surface area contributed by atoms with Gasteiger partial charge in [0.1, 0.15) is 11.5 Å². The number of furan rings is 1. The summed E-state index contributed by atoms with van der Waals surface area (Å²) in [6.45, 7) is 3.95. The topological polar surface area (TPSA) is 38.1 Å². The lowest BCUT2D eigenvalue weighted by Gasteiger charge is -2.03. The average Bonchev–Trinajstić information content (AvgIpc) is 2.96. The molecule has 0 amide bonds. The van der Waals surface area contributed by atoms with Crippen LogP contribution in [0.15, 0.2) is 53.2 Å². The standard InChI is InChI=1S/C17H18N2O/c1-2-9-18-12-14-6-7-17(20-14)16-5-3-4-13-11-19-10-8-15(13)16/h3-8,10-11,18H,2,9,12H2,1H3. The van der Waals surface area contributed by atoms with Gasteiger partial charge in [0.2, 0.25) is 0 Å². The highest BCUT2D eigenvalue weighted by molar-refractivity contribution is 5.94. The molecule has 2 heterocycles. The lowest BCUT2D eigenvalue weighted by molar-refractivity contribution is 0.494. The number of nitrogens with one attached hydrogen (secondary N) is 1. The van der Waals surface area contributed by atoms with E-state index in [-0.39, 0.29) is 0 Å². The first kappa shape index (κ1) is 12.9. The van der Waals surface area contributed by atoms with Crippen LogP contribution in [0.2, 0.25) is 0 Å². The number of nitrogens with zero attached hydrogens (tertiary/aromatic N) is 1. The molecule has 3 nitrogen and oxygen atoms in total. The molecule has 0 bridgehead atoms. The van der Waals surface area contributed by atoms with Crippen molar-refractivity contribution in [3.63, 3.8) is 0 Å². The zero-order chi connectivity index (χ0) is 13.8. The maximum atomic E-state index is 5.94. The Bertz CT molecular complexity index is 698. The predicted octanol–water partition coefficient (Wildman–Crippen LogP) is 3.99. The molecule has 20 heavy (non-hydrogen) atoms. The van der Waals surface area contributed by atoms with Crippen LogP contribution in [0.3, 0.4) is 0 Å². The third kappa shape index (κ3) is 2.58. The highest BCUT2D eigenvalue weighted by atomic mass is 16.3. The van der Waals surface area contributed by atoms with Gasteiger partial charge in [-0.2, -0.15) is 0 Å². The van der Waals surface area contributed by atoms with Gasteiger partial charge in [0.15, 0.2) is 0 Å². The summed E-state index contributed by atoms with van der Waals surface area (Å²) < 4.78 is 5.94. The van der Waals surface area contributed by atoms with Gasteiger partial charge in [-0.15, -0.1) is 0 Å². The van der Waals surface area contributed by atoms with Crippen LogP contribution in [0.25, 0.3) is 22.1 Å². The van der Waals surface area contributed by atoms with Crippen molar-refractivity contribution in [2.24, 2.45) is 0 Å². The maximum Gasteiger partial charge on any atom is 0.134 e. The second-order valence-electron chi connectivity index (χ2n) is 4.85. The Morgan fingerprint density at radius 3 is 3.00 bits per heavy atom. The van der Waals surface area contributed by atoms with Crippen LogP contribution in [0.4, 0.5) is 0 Å². The number of rotatable bonds is 5. The molecule has 0 aliphatic carbocycles. The van der Waals surface area contributed by atoms with Crippen LogP contribution in [0, 0.1) is 0 Å². The van der Waals surface area contributed by atoms with Crippen LogP contribution < -0.4 is 5.32 Å². The third-order valence-electron chi connectivity index (χ3n) is 3.33. The minimum atomic E-state index is 0.778. The van der Waals surface area contributed by atoms with E-state index in [0.717, 1.165) is 42.0 Å². The second-order valence-corrected chi connectivity index (χ2v) is 4.85. The first-order valence-corrected chi connectivity index (χ1v) is 7.01. The Labute approximate surface area is 118 Å². The summed E-state index contributed by atoms with van der Waals surface area (Å²) in [5, 5.41) is 5.65. The van der Waals surface area contributed by atoms with Crippen molar-refractivity contribution in [2.45, 2.75) is 19.9 Å². The Balaban J connectivity index is 1.91. The minimum absolute atomic E-state index is 0.778. The van der Waals surface area contributed by atoms with Gasteiger partial charge in [-0.3, -0.25) is 4.98 Å². The third-order valence-corrected chi connectivity index (χ3v) is 3.33. The van der Waals surface area contributed by atoms with Gasteiger partial charge >= 0.3 is 0 Å². The molecule has 1 aromatic carbocycles. The minimum Gasteiger partial charge on any atom is -0.460 e. The summed E-state index contributed by atoms with van der Waals surface area (Å²) in [4.78, 5) is 4.16. The van der Waals surface area contributed by atoms with Gasteiger partial charge in [0.25, 0.3) is 0 Å². The van der Waals surface area contributed by atoms with E-state index in [1.165, 1.54) is 5.39 Å². The molecular weight excluding hydrogens is 248 g/mol. The summed E-state index contributed by atoms with van der Waals surface area (Å²) in [6, 6.07) is 12.3. The van der Waals surface area contributed by atoms with Crippen molar-refractivity contribution >= 4 is 10.8 Å². The Morgan fingerprint density at radius 1 is 1.15 bits per heavy atom. The molecule has 1 N–H and O–H groups in total. The van der Waals surface area contributed by atoms with E-state index in [4.69, 9.17) is 4.42 Å². The molecule has 0 saturated carbocycles. The summed E-state index contributed by atoms with van der Waals surface area (Å²) in [7, 11) is 0.